The summed E-state index contributed by atoms with van der Waals surface area (Å²) in [7, 11) is 0. The monoisotopic (exact) mass is 381 g/mol. The molecule has 0 spiro atoms. The van der Waals surface area contributed by atoms with E-state index in [1.807, 2.05) is 0 Å². The molecule has 1 aliphatic rings. The van der Waals surface area contributed by atoms with Crippen molar-refractivity contribution in [1.29, 1.82) is 0 Å². The largest absolute Gasteiger partial charge is 0.351 e. The molecule has 26 heavy (non-hydrogen) atoms. The van der Waals surface area contributed by atoms with E-state index in [1.54, 1.807) is 4.90 Å². The van der Waals surface area contributed by atoms with E-state index in [-0.39, 0.29) is 17.9 Å². The van der Waals surface area contributed by atoms with E-state index >= 15 is 0 Å². The number of nitrogens with zero attached hydrogens (tertiary/aromatic N) is 1. The Morgan fingerprint density at radius 2 is 1.92 bits per heavy atom. The third-order valence-corrected chi connectivity index (χ3v) is 5.14. The van der Waals surface area contributed by atoms with Crippen molar-refractivity contribution in [1.82, 2.24) is 0 Å². The van der Waals surface area contributed by atoms with Gasteiger partial charge in [0.2, 0.25) is 5.91 Å². The Morgan fingerprint density at radius 1 is 1.23 bits per heavy atom. The Hall–Kier alpha value is -1.10. The SMILES string of the molecule is CCCC1CCCOC(CN(C(=O)CCl)c2c(CC)cccc2CC)O1. The number of anilines is 1. The summed E-state index contributed by atoms with van der Waals surface area (Å²) in [6.45, 7) is 7.44. The summed E-state index contributed by atoms with van der Waals surface area (Å²) in [5, 5.41) is 0. The molecule has 2 atom stereocenters. The van der Waals surface area contributed by atoms with Gasteiger partial charge in [-0.3, -0.25) is 4.79 Å². The molecule has 1 heterocycles. The average molecular weight is 382 g/mol. The summed E-state index contributed by atoms with van der Waals surface area (Å²) in [6.07, 6.45) is 5.63. The number of ether oxygens (including phenoxy) is 2. The molecule has 4 nitrogen and oxygen atoms in total. The Morgan fingerprint density at radius 3 is 2.50 bits per heavy atom. The minimum absolute atomic E-state index is 0.0493. The lowest BCUT2D eigenvalue weighted by molar-refractivity contribution is -0.150. The van der Waals surface area contributed by atoms with E-state index in [9.17, 15) is 4.79 Å². The van der Waals surface area contributed by atoms with Crippen LogP contribution in [0, 0.1) is 0 Å². The van der Waals surface area contributed by atoms with Crippen LogP contribution in [0.15, 0.2) is 18.2 Å². The standard InChI is InChI=1S/C21H32ClNO3/c1-4-9-18-12-8-13-25-20(26-18)15-23(19(24)14-22)21-16(5-2)10-7-11-17(21)6-3/h7,10-11,18,20H,4-6,8-9,12-15H2,1-3H3. The second-order valence-electron chi connectivity index (χ2n) is 6.76. The molecule has 2 rings (SSSR count). The molecular formula is C21H32ClNO3. The van der Waals surface area contributed by atoms with E-state index in [0.29, 0.717) is 13.2 Å². The molecule has 0 radical (unpaired) electrons. The zero-order valence-electron chi connectivity index (χ0n) is 16.3. The Balaban J connectivity index is 2.29. The van der Waals surface area contributed by atoms with Crippen molar-refractivity contribution in [3.05, 3.63) is 29.3 Å². The second-order valence-corrected chi connectivity index (χ2v) is 7.03. The topological polar surface area (TPSA) is 38.8 Å². The van der Waals surface area contributed by atoms with Gasteiger partial charge in [0.25, 0.3) is 0 Å². The lowest BCUT2D eigenvalue weighted by Crippen LogP contribution is -2.42. The van der Waals surface area contributed by atoms with Gasteiger partial charge in [-0.15, -0.1) is 11.6 Å². The molecule has 0 bridgehead atoms. The summed E-state index contributed by atoms with van der Waals surface area (Å²) in [4.78, 5) is 14.5. The number of alkyl halides is 1. The van der Waals surface area contributed by atoms with E-state index in [4.69, 9.17) is 21.1 Å². The van der Waals surface area contributed by atoms with Gasteiger partial charge in [0.1, 0.15) is 5.88 Å². The smallest absolute Gasteiger partial charge is 0.242 e. The molecule has 1 aromatic rings. The summed E-state index contributed by atoms with van der Waals surface area (Å²) in [6, 6.07) is 6.22. The molecule has 0 aliphatic carbocycles. The number of aryl methyl sites for hydroxylation is 2. The van der Waals surface area contributed by atoms with Crippen LogP contribution in [0.5, 0.6) is 0 Å². The normalized spacial score (nSPS) is 20.6. The Labute approximate surface area is 162 Å². The van der Waals surface area contributed by atoms with Crippen LogP contribution in [-0.4, -0.2) is 37.3 Å². The molecule has 5 heteroatoms. The first kappa shape index (κ1) is 21.2. The number of halogens is 1. The highest BCUT2D eigenvalue weighted by atomic mass is 35.5. The molecule has 0 N–H and O–H groups in total. The number of hydrogen-bond acceptors (Lipinski definition) is 3. The third-order valence-electron chi connectivity index (χ3n) is 4.91. The van der Waals surface area contributed by atoms with Crippen LogP contribution in [0.1, 0.15) is 57.6 Å². The number of carbonyl (C=O) groups is 1. The van der Waals surface area contributed by atoms with Crippen LogP contribution >= 0.6 is 11.6 Å². The highest BCUT2D eigenvalue weighted by molar-refractivity contribution is 6.29. The molecule has 2 unspecified atom stereocenters. The molecule has 0 saturated carbocycles. The fourth-order valence-corrected chi connectivity index (χ4v) is 3.72. The maximum atomic E-state index is 12.7. The molecule has 1 amide bonds. The minimum atomic E-state index is -0.407. The lowest BCUT2D eigenvalue weighted by atomic mass is 10.0. The summed E-state index contributed by atoms with van der Waals surface area (Å²) >= 11 is 5.94. The second kappa shape index (κ2) is 10.9. The molecule has 1 fully saturated rings. The van der Waals surface area contributed by atoms with E-state index in [0.717, 1.165) is 55.3 Å². The van der Waals surface area contributed by atoms with Gasteiger partial charge in [0, 0.05) is 6.61 Å². The Kier molecular flexibility index (Phi) is 8.89. The van der Waals surface area contributed by atoms with Crippen LogP contribution in [0.2, 0.25) is 0 Å². The van der Waals surface area contributed by atoms with Crippen molar-refractivity contribution in [2.45, 2.75) is 71.7 Å². The molecule has 0 aromatic heterocycles. The number of carbonyl (C=O) groups excluding carboxylic acids is 1. The van der Waals surface area contributed by atoms with Crippen LogP contribution in [-0.2, 0) is 27.1 Å². The lowest BCUT2D eigenvalue weighted by Gasteiger charge is -2.31. The summed E-state index contributed by atoms with van der Waals surface area (Å²) < 4.78 is 12.1. The number of rotatable bonds is 8. The van der Waals surface area contributed by atoms with Crippen molar-refractivity contribution in [3.63, 3.8) is 0 Å². The molecule has 1 saturated heterocycles. The van der Waals surface area contributed by atoms with E-state index < -0.39 is 6.29 Å². The van der Waals surface area contributed by atoms with E-state index in [1.165, 1.54) is 0 Å². The minimum Gasteiger partial charge on any atom is -0.351 e. The first-order valence-electron chi connectivity index (χ1n) is 9.88. The highest BCUT2D eigenvalue weighted by Crippen LogP contribution is 2.29. The number of para-hydroxylation sites is 1. The third kappa shape index (κ3) is 5.45. The first-order valence-corrected chi connectivity index (χ1v) is 10.4. The van der Waals surface area contributed by atoms with Gasteiger partial charge in [-0.05, 0) is 43.2 Å². The predicted octanol–water partition coefficient (Wildman–Crippen LogP) is 4.71. The van der Waals surface area contributed by atoms with Crippen molar-refractivity contribution in [3.8, 4) is 0 Å². The van der Waals surface area contributed by atoms with Gasteiger partial charge in [-0.1, -0.05) is 45.4 Å². The van der Waals surface area contributed by atoms with Crippen LogP contribution in [0.3, 0.4) is 0 Å². The average Bonchev–Trinajstić information content (AvgIpc) is 2.90. The van der Waals surface area contributed by atoms with Gasteiger partial charge in [0.05, 0.1) is 18.3 Å². The number of amides is 1. The fourth-order valence-electron chi connectivity index (χ4n) is 3.58. The summed E-state index contributed by atoms with van der Waals surface area (Å²) in [5.41, 5.74) is 3.29. The van der Waals surface area contributed by atoms with Gasteiger partial charge in [-0.25, -0.2) is 0 Å². The zero-order chi connectivity index (χ0) is 18.9. The molecule has 1 aromatic carbocycles. The predicted molar refractivity (Wildman–Crippen MR) is 107 cm³/mol. The molecular weight excluding hydrogens is 350 g/mol. The van der Waals surface area contributed by atoms with Crippen LogP contribution < -0.4 is 4.90 Å². The van der Waals surface area contributed by atoms with Crippen molar-refractivity contribution in [2.75, 3.05) is 23.9 Å². The van der Waals surface area contributed by atoms with Crippen LogP contribution in [0.25, 0.3) is 0 Å². The van der Waals surface area contributed by atoms with Crippen molar-refractivity contribution >= 4 is 23.2 Å². The van der Waals surface area contributed by atoms with Gasteiger partial charge in [-0.2, -0.15) is 0 Å². The number of benzene rings is 1. The summed E-state index contributed by atoms with van der Waals surface area (Å²) in [5.74, 6) is -0.155. The maximum Gasteiger partial charge on any atom is 0.242 e. The zero-order valence-corrected chi connectivity index (χ0v) is 17.1. The first-order chi connectivity index (χ1) is 12.6. The Bertz CT molecular complexity index is 556. The van der Waals surface area contributed by atoms with Crippen molar-refractivity contribution in [2.24, 2.45) is 0 Å². The van der Waals surface area contributed by atoms with Crippen molar-refractivity contribution < 1.29 is 14.3 Å². The molecule has 146 valence electrons. The maximum absolute atomic E-state index is 12.7. The highest BCUT2D eigenvalue weighted by Gasteiger charge is 2.27. The van der Waals surface area contributed by atoms with E-state index in [2.05, 4.69) is 39.0 Å². The number of hydrogen-bond donors (Lipinski definition) is 0. The van der Waals surface area contributed by atoms with Crippen LogP contribution in [0.4, 0.5) is 5.69 Å². The van der Waals surface area contributed by atoms with Gasteiger partial charge >= 0.3 is 0 Å². The fraction of sp³-hybridized carbons (Fsp3) is 0.667. The van der Waals surface area contributed by atoms with Gasteiger partial charge < -0.3 is 14.4 Å². The molecule has 1 aliphatic heterocycles. The quantitative estimate of drug-likeness (QED) is 0.612. The van der Waals surface area contributed by atoms with Gasteiger partial charge in [0.15, 0.2) is 6.29 Å².